The summed E-state index contributed by atoms with van der Waals surface area (Å²) in [5.41, 5.74) is 0. The highest BCUT2D eigenvalue weighted by Crippen LogP contribution is 2.31. The first-order valence-electron chi connectivity index (χ1n) is 10.3. The van der Waals surface area contributed by atoms with Crippen molar-refractivity contribution in [2.75, 3.05) is 6.54 Å². The van der Waals surface area contributed by atoms with Gasteiger partial charge in [0.05, 0.1) is 9.79 Å². The maximum absolute atomic E-state index is 13.1. The van der Waals surface area contributed by atoms with Gasteiger partial charge in [0, 0.05) is 24.7 Å². The van der Waals surface area contributed by atoms with Gasteiger partial charge in [-0.25, -0.2) is 16.8 Å². The Morgan fingerprint density at radius 2 is 1.36 bits per heavy atom. The van der Waals surface area contributed by atoms with E-state index < -0.39 is 20.0 Å². The van der Waals surface area contributed by atoms with E-state index in [9.17, 15) is 16.8 Å². The summed E-state index contributed by atoms with van der Waals surface area (Å²) in [6.45, 7) is 6.42. The van der Waals surface area contributed by atoms with Gasteiger partial charge in [-0.2, -0.15) is 8.61 Å². The lowest BCUT2D eigenvalue weighted by Crippen LogP contribution is -2.47. The van der Waals surface area contributed by atoms with Gasteiger partial charge >= 0.3 is 0 Å². The van der Waals surface area contributed by atoms with E-state index in [0.717, 1.165) is 44.9 Å². The minimum Gasteiger partial charge on any atom is -0.207 e. The van der Waals surface area contributed by atoms with Crippen LogP contribution in [0.2, 0.25) is 0 Å². The smallest absolute Gasteiger partial charge is 0.207 e. The first kappa shape index (κ1) is 21.7. The summed E-state index contributed by atoms with van der Waals surface area (Å²) in [6, 6.07) is 5.72. The average Bonchev–Trinajstić information content (AvgIpc) is 2.67. The summed E-state index contributed by atoms with van der Waals surface area (Å²) in [6.07, 6.45) is 6.32. The molecule has 0 radical (unpaired) electrons. The highest BCUT2D eigenvalue weighted by Gasteiger charge is 2.36. The predicted molar refractivity (Wildman–Crippen MR) is 110 cm³/mol. The maximum Gasteiger partial charge on any atom is 0.243 e. The minimum atomic E-state index is -3.64. The van der Waals surface area contributed by atoms with Gasteiger partial charge in [0.2, 0.25) is 20.0 Å². The molecule has 158 valence electrons. The molecule has 2 aliphatic rings. The second kappa shape index (κ2) is 8.42. The van der Waals surface area contributed by atoms with E-state index in [2.05, 4.69) is 0 Å². The predicted octanol–water partition coefficient (Wildman–Crippen LogP) is 3.59. The third-order valence-corrected chi connectivity index (χ3v) is 10.3. The van der Waals surface area contributed by atoms with E-state index >= 15 is 0 Å². The van der Waals surface area contributed by atoms with Crippen LogP contribution in [0, 0.1) is 0 Å². The van der Waals surface area contributed by atoms with Crippen LogP contribution in [-0.4, -0.2) is 50.1 Å². The molecule has 2 heterocycles. The van der Waals surface area contributed by atoms with Crippen LogP contribution in [0.3, 0.4) is 0 Å². The van der Waals surface area contributed by atoms with Crippen molar-refractivity contribution in [3.63, 3.8) is 0 Å². The van der Waals surface area contributed by atoms with Crippen molar-refractivity contribution in [2.24, 2.45) is 0 Å². The molecule has 3 atom stereocenters. The monoisotopic (exact) mass is 428 g/mol. The molecule has 0 bridgehead atoms. The first-order chi connectivity index (χ1) is 13.2. The second-order valence-electron chi connectivity index (χ2n) is 8.11. The van der Waals surface area contributed by atoms with E-state index in [4.69, 9.17) is 0 Å². The third-order valence-electron chi connectivity index (χ3n) is 6.16. The molecule has 3 rings (SSSR count). The zero-order chi connectivity index (χ0) is 20.5. The number of benzene rings is 1. The standard InChI is InChI=1S/C20H32N2O4S2/c1-4-18-10-5-6-15-21(18)27(23,24)19-11-13-20(14-12-19)28(25,26)22-16(2)8-7-9-17(22)3/h11-14,16-18H,4-10,15H2,1-3H3/t16-,17+,18-/m1/s1. The molecule has 8 heteroatoms. The second-order valence-corrected chi connectivity index (χ2v) is 11.8. The van der Waals surface area contributed by atoms with Crippen molar-refractivity contribution >= 4 is 20.0 Å². The molecule has 6 nitrogen and oxygen atoms in total. The molecule has 1 aromatic rings. The van der Waals surface area contributed by atoms with Gasteiger partial charge in [0.25, 0.3) is 0 Å². The molecule has 2 aliphatic heterocycles. The Labute approximate surface area is 170 Å². The molecule has 0 saturated carbocycles. The molecule has 0 unspecified atom stereocenters. The molecule has 0 aliphatic carbocycles. The summed E-state index contributed by atoms with van der Waals surface area (Å²) in [5, 5.41) is 0. The van der Waals surface area contributed by atoms with Crippen LogP contribution in [0.4, 0.5) is 0 Å². The molecular formula is C20H32N2O4S2. The van der Waals surface area contributed by atoms with Gasteiger partial charge in [0.1, 0.15) is 0 Å². The molecule has 1 aromatic carbocycles. The minimum absolute atomic E-state index is 0.0252. The van der Waals surface area contributed by atoms with Crippen molar-refractivity contribution in [3.8, 4) is 0 Å². The lowest BCUT2D eigenvalue weighted by atomic mass is 10.0. The number of hydrogen-bond acceptors (Lipinski definition) is 4. The van der Waals surface area contributed by atoms with Crippen LogP contribution in [0.5, 0.6) is 0 Å². The van der Waals surface area contributed by atoms with Gasteiger partial charge in [-0.15, -0.1) is 0 Å². The topological polar surface area (TPSA) is 74.8 Å². The molecule has 0 N–H and O–H groups in total. The van der Waals surface area contributed by atoms with E-state index in [1.54, 1.807) is 8.61 Å². The van der Waals surface area contributed by atoms with Crippen LogP contribution in [-0.2, 0) is 20.0 Å². The molecule has 2 saturated heterocycles. The normalized spacial score (nSPS) is 28.3. The zero-order valence-corrected chi connectivity index (χ0v) is 18.7. The van der Waals surface area contributed by atoms with E-state index in [0.29, 0.717) is 6.54 Å². The average molecular weight is 429 g/mol. The van der Waals surface area contributed by atoms with E-state index in [1.165, 1.54) is 24.3 Å². The zero-order valence-electron chi connectivity index (χ0n) is 17.0. The summed E-state index contributed by atoms with van der Waals surface area (Å²) in [4.78, 5) is 0.337. The number of sulfonamides is 2. The molecule has 0 spiro atoms. The highest BCUT2D eigenvalue weighted by atomic mass is 32.2. The van der Waals surface area contributed by atoms with Crippen molar-refractivity contribution in [3.05, 3.63) is 24.3 Å². The SMILES string of the molecule is CC[C@@H]1CCCCN1S(=O)(=O)c1ccc(S(=O)(=O)N2[C@H](C)CCC[C@@H]2C)cc1. The summed E-state index contributed by atoms with van der Waals surface area (Å²) in [7, 11) is -7.25. The third kappa shape index (κ3) is 4.01. The van der Waals surface area contributed by atoms with Crippen LogP contribution >= 0.6 is 0 Å². The Bertz CT molecular complexity index is 871. The molecule has 2 fully saturated rings. The van der Waals surface area contributed by atoms with Crippen molar-refractivity contribution in [1.29, 1.82) is 0 Å². The van der Waals surface area contributed by atoms with E-state index in [-0.39, 0.29) is 27.9 Å². The van der Waals surface area contributed by atoms with Gasteiger partial charge in [0.15, 0.2) is 0 Å². The Hall–Kier alpha value is -0.960. The quantitative estimate of drug-likeness (QED) is 0.718. The van der Waals surface area contributed by atoms with Gasteiger partial charge in [-0.3, -0.25) is 0 Å². The van der Waals surface area contributed by atoms with Crippen molar-refractivity contribution < 1.29 is 16.8 Å². The number of rotatable bonds is 5. The maximum atomic E-state index is 13.1. The fourth-order valence-electron chi connectivity index (χ4n) is 4.61. The molecule has 0 aromatic heterocycles. The number of nitrogens with zero attached hydrogens (tertiary/aromatic N) is 2. The molecular weight excluding hydrogens is 396 g/mol. The fraction of sp³-hybridized carbons (Fsp3) is 0.700. The Morgan fingerprint density at radius 1 is 0.821 bits per heavy atom. The Morgan fingerprint density at radius 3 is 1.89 bits per heavy atom. The fourth-order valence-corrected chi connectivity index (χ4v) is 8.26. The van der Waals surface area contributed by atoms with E-state index in [1.807, 2.05) is 20.8 Å². The Balaban J connectivity index is 1.88. The number of hydrogen-bond donors (Lipinski definition) is 0. The van der Waals surface area contributed by atoms with Gasteiger partial charge in [-0.1, -0.05) is 19.8 Å². The van der Waals surface area contributed by atoms with Crippen molar-refractivity contribution in [2.45, 2.75) is 93.6 Å². The largest absolute Gasteiger partial charge is 0.243 e. The first-order valence-corrected chi connectivity index (χ1v) is 13.2. The molecule has 28 heavy (non-hydrogen) atoms. The van der Waals surface area contributed by atoms with Gasteiger partial charge < -0.3 is 0 Å². The number of piperidine rings is 2. The van der Waals surface area contributed by atoms with Crippen molar-refractivity contribution in [1.82, 2.24) is 8.61 Å². The summed E-state index contributed by atoms with van der Waals surface area (Å²) < 4.78 is 55.6. The lowest BCUT2D eigenvalue weighted by molar-refractivity contribution is 0.204. The lowest BCUT2D eigenvalue weighted by Gasteiger charge is -2.37. The van der Waals surface area contributed by atoms with Crippen LogP contribution in [0.25, 0.3) is 0 Å². The Kier molecular flexibility index (Phi) is 6.54. The van der Waals surface area contributed by atoms with Crippen LogP contribution in [0.15, 0.2) is 34.1 Å². The summed E-state index contributed by atoms with van der Waals surface area (Å²) in [5.74, 6) is 0. The van der Waals surface area contributed by atoms with Crippen LogP contribution in [0.1, 0.15) is 65.7 Å². The summed E-state index contributed by atoms with van der Waals surface area (Å²) >= 11 is 0. The molecule has 0 amide bonds. The highest BCUT2D eigenvalue weighted by molar-refractivity contribution is 7.89. The van der Waals surface area contributed by atoms with Gasteiger partial charge in [-0.05, 0) is 70.2 Å². The van der Waals surface area contributed by atoms with Crippen LogP contribution < -0.4 is 0 Å².